The van der Waals surface area contributed by atoms with Gasteiger partial charge in [0.25, 0.3) is 5.56 Å². The van der Waals surface area contributed by atoms with Gasteiger partial charge in [0.15, 0.2) is 11.6 Å². The van der Waals surface area contributed by atoms with Crippen LogP contribution in [-0.4, -0.2) is 33.5 Å². The molecule has 0 aliphatic heterocycles. The van der Waals surface area contributed by atoms with Crippen LogP contribution in [0.25, 0.3) is 5.69 Å². The Labute approximate surface area is 197 Å². The minimum atomic E-state index is -1.33. The quantitative estimate of drug-likeness (QED) is 0.267. The highest BCUT2D eigenvalue weighted by Gasteiger charge is 2.31. The molecule has 11 heteroatoms. The highest BCUT2D eigenvalue weighted by Crippen LogP contribution is 2.34. The third-order valence-electron chi connectivity index (χ3n) is 5.68. The Bertz CT molecular complexity index is 1300. The number of rotatable bonds is 9. The molecule has 2 aromatic heterocycles. The normalized spacial score (nSPS) is 14.0. The van der Waals surface area contributed by atoms with Crippen LogP contribution in [-0.2, 0) is 6.54 Å². The molecule has 1 aliphatic rings. The molecular weight excluding hydrogens is 471 g/mol. The number of pyridine rings is 2. The first-order valence-electron chi connectivity index (χ1n) is 10.5. The highest BCUT2D eigenvalue weighted by molar-refractivity contribution is 6.32. The van der Waals surface area contributed by atoms with Crippen LogP contribution in [0.5, 0.6) is 0 Å². The first-order chi connectivity index (χ1) is 16.3. The SMILES string of the molecule is N=Cc1c(NCc2c(F)ccc(F)c2F)ccn(-c2cc(N[C@H](CO)C3CC3)ncc2Cl)c1=O. The summed E-state index contributed by atoms with van der Waals surface area (Å²) < 4.78 is 42.6. The first kappa shape index (κ1) is 23.8. The van der Waals surface area contributed by atoms with Gasteiger partial charge < -0.3 is 21.1 Å². The van der Waals surface area contributed by atoms with Crippen molar-refractivity contribution in [3.63, 3.8) is 0 Å². The highest BCUT2D eigenvalue weighted by atomic mass is 35.5. The fourth-order valence-electron chi connectivity index (χ4n) is 3.64. The van der Waals surface area contributed by atoms with Crippen molar-refractivity contribution in [1.82, 2.24) is 9.55 Å². The fourth-order valence-corrected chi connectivity index (χ4v) is 3.84. The summed E-state index contributed by atoms with van der Waals surface area (Å²) in [4.78, 5) is 17.3. The average molecular weight is 492 g/mol. The zero-order valence-corrected chi connectivity index (χ0v) is 18.5. The Morgan fingerprint density at radius 1 is 1.26 bits per heavy atom. The van der Waals surface area contributed by atoms with Crippen molar-refractivity contribution in [3.8, 4) is 5.69 Å². The Balaban J connectivity index is 1.64. The number of hydrogen-bond donors (Lipinski definition) is 4. The van der Waals surface area contributed by atoms with E-state index >= 15 is 0 Å². The van der Waals surface area contributed by atoms with Gasteiger partial charge in [-0.3, -0.25) is 9.36 Å². The standard InChI is InChI=1S/C23H21ClF3N5O2/c24-15-10-30-21(31-19(11-33)12-1-2-12)7-20(15)32-6-5-18(13(8-28)23(32)34)29-9-14-16(25)3-4-17(26)22(14)27/h3-8,10,12,19,28-29,33H,1-2,9,11H2,(H,30,31)/t19-/m1/s1. The lowest BCUT2D eigenvalue weighted by atomic mass is 10.1. The number of aliphatic hydroxyl groups excluding tert-OH is 1. The predicted molar refractivity (Wildman–Crippen MR) is 124 cm³/mol. The summed E-state index contributed by atoms with van der Waals surface area (Å²) >= 11 is 6.28. The van der Waals surface area contributed by atoms with E-state index in [-0.39, 0.29) is 28.9 Å². The second kappa shape index (κ2) is 9.86. The molecule has 0 amide bonds. The summed E-state index contributed by atoms with van der Waals surface area (Å²) in [6, 6.07) is 4.35. The molecular formula is C23H21ClF3N5O2. The smallest absolute Gasteiger partial charge is 0.266 e. The second-order valence-electron chi connectivity index (χ2n) is 7.93. The zero-order chi connectivity index (χ0) is 24.4. The van der Waals surface area contributed by atoms with Crippen LogP contribution in [0.3, 0.4) is 0 Å². The molecule has 4 N–H and O–H groups in total. The van der Waals surface area contributed by atoms with E-state index in [0.717, 1.165) is 25.1 Å². The van der Waals surface area contributed by atoms with Gasteiger partial charge in [-0.05, 0) is 37.0 Å². The van der Waals surface area contributed by atoms with Crippen molar-refractivity contribution < 1.29 is 18.3 Å². The summed E-state index contributed by atoms with van der Waals surface area (Å²) in [5.41, 5.74) is -0.791. The van der Waals surface area contributed by atoms with Crippen molar-refractivity contribution in [1.29, 1.82) is 5.41 Å². The Morgan fingerprint density at radius 2 is 2.00 bits per heavy atom. The molecule has 3 aromatic rings. The summed E-state index contributed by atoms with van der Waals surface area (Å²) in [7, 11) is 0. The van der Waals surface area contributed by atoms with E-state index in [9.17, 15) is 23.1 Å². The lowest BCUT2D eigenvalue weighted by Crippen LogP contribution is -2.27. The van der Waals surface area contributed by atoms with Gasteiger partial charge in [0.2, 0.25) is 0 Å². The fraction of sp³-hybridized carbons (Fsp3) is 0.261. The molecule has 0 saturated heterocycles. The molecule has 0 unspecified atom stereocenters. The van der Waals surface area contributed by atoms with Gasteiger partial charge >= 0.3 is 0 Å². The zero-order valence-electron chi connectivity index (χ0n) is 17.8. The topological polar surface area (TPSA) is 103 Å². The molecule has 7 nitrogen and oxygen atoms in total. The van der Waals surface area contributed by atoms with Gasteiger partial charge in [-0.25, -0.2) is 18.2 Å². The molecule has 1 atom stereocenters. The van der Waals surface area contributed by atoms with Crippen molar-refractivity contribution in [2.24, 2.45) is 5.92 Å². The maximum absolute atomic E-state index is 14.0. The van der Waals surface area contributed by atoms with Crippen LogP contribution < -0.4 is 16.2 Å². The number of aromatic nitrogens is 2. The molecule has 0 radical (unpaired) electrons. The number of halogens is 4. The van der Waals surface area contributed by atoms with E-state index in [4.69, 9.17) is 17.0 Å². The lowest BCUT2D eigenvalue weighted by Gasteiger charge is -2.18. The monoisotopic (exact) mass is 491 g/mol. The van der Waals surface area contributed by atoms with Gasteiger partial charge in [-0.1, -0.05) is 11.6 Å². The van der Waals surface area contributed by atoms with Crippen molar-refractivity contribution in [3.05, 3.63) is 80.6 Å². The summed E-state index contributed by atoms with van der Waals surface area (Å²) in [5, 5.41) is 23.3. The van der Waals surface area contributed by atoms with Crippen molar-refractivity contribution in [2.75, 3.05) is 17.2 Å². The Morgan fingerprint density at radius 3 is 2.68 bits per heavy atom. The van der Waals surface area contributed by atoms with E-state index in [0.29, 0.717) is 23.5 Å². The van der Waals surface area contributed by atoms with E-state index in [2.05, 4.69) is 15.6 Å². The predicted octanol–water partition coefficient (Wildman–Crippen LogP) is 4.10. The average Bonchev–Trinajstić information content (AvgIpc) is 3.67. The minimum absolute atomic E-state index is 0.0604. The number of benzene rings is 1. The van der Waals surface area contributed by atoms with Crippen LogP contribution in [0.1, 0.15) is 24.0 Å². The molecule has 0 bridgehead atoms. The van der Waals surface area contributed by atoms with E-state index in [1.807, 2.05) is 0 Å². The van der Waals surface area contributed by atoms with Crippen LogP contribution in [0.2, 0.25) is 5.02 Å². The number of aliphatic hydroxyl groups is 1. The van der Waals surface area contributed by atoms with Gasteiger partial charge in [-0.2, -0.15) is 0 Å². The number of nitrogens with one attached hydrogen (secondary N) is 3. The Kier molecular flexibility index (Phi) is 6.90. The third kappa shape index (κ3) is 4.78. The molecule has 1 fully saturated rings. The van der Waals surface area contributed by atoms with Gasteiger partial charge in [0.1, 0.15) is 11.6 Å². The second-order valence-corrected chi connectivity index (χ2v) is 8.34. The molecule has 34 heavy (non-hydrogen) atoms. The van der Waals surface area contributed by atoms with Crippen molar-refractivity contribution in [2.45, 2.75) is 25.4 Å². The van der Waals surface area contributed by atoms with Crippen LogP contribution >= 0.6 is 11.6 Å². The first-order valence-corrected chi connectivity index (χ1v) is 10.9. The summed E-state index contributed by atoms with van der Waals surface area (Å²) in [5.74, 6) is -2.67. The van der Waals surface area contributed by atoms with Gasteiger partial charge in [-0.15, -0.1) is 0 Å². The van der Waals surface area contributed by atoms with E-state index < -0.39 is 35.1 Å². The van der Waals surface area contributed by atoms with Gasteiger partial charge in [0.05, 0.1) is 40.8 Å². The molecule has 1 aliphatic carbocycles. The number of anilines is 2. The number of hydrogen-bond acceptors (Lipinski definition) is 6. The maximum atomic E-state index is 14.0. The van der Waals surface area contributed by atoms with Crippen molar-refractivity contribution >= 4 is 29.3 Å². The molecule has 1 saturated carbocycles. The Hall–Kier alpha value is -3.37. The summed E-state index contributed by atoms with van der Waals surface area (Å²) in [6.45, 7) is -0.497. The molecule has 2 heterocycles. The third-order valence-corrected chi connectivity index (χ3v) is 5.98. The molecule has 1 aromatic carbocycles. The van der Waals surface area contributed by atoms with Crippen LogP contribution in [0.4, 0.5) is 24.7 Å². The molecule has 178 valence electrons. The lowest BCUT2D eigenvalue weighted by molar-refractivity contribution is 0.263. The maximum Gasteiger partial charge on any atom is 0.266 e. The molecule has 4 rings (SSSR count). The van der Waals surface area contributed by atoms with E-state index in [1.165, 1.54) is 23.0 Å². The molecule has 0 spiro atoms. The van der Waals surface area contributed by atoms with Crippen LogP contribution in [0.15, 0.2) is 41.5 Å². The van der Waals surface area contributed by atoms with Crippen LogP contribution in [0, 0.1) is 28.8 Å². The van der Waals surface area contributed by atoms with Gasteiger partial charge in [0, 0.05) is 30.6 Å². The number of nitrogens with zero attached hydrogens (tertiary/aromatic N) is 2. The minimum Gasteiger partial charge on any atom is -0.394 e. The largest absolute Gasteiger partial charge is 0.394 e. The summed E-state index contributed by atoms with van der Waals surface area (Å²) in [6.07, 6.45) is 5.60. The van der Waals surface area contributed by atoms with E-state index in [1.54, 1.807) is 6.07 Å².